The van der Waals surface area contributed by atoms with Gasteiger partial charge in [-0.3, -0.25) is 4.72 Å². The minimum Gasteiger partial charge on any atom is -0.279 e. The van der Waals surface area contributed by atoms with Crippen LogP contribution in [0.3, 0.4) is 0 Å². The van der Waals surface area contributed by atoms with E-state index in [0.717, 1.165) is 17.4 Å². The van der Waals surface area contributed by atoms with Gasteiger partial charge in [0.25, 0.3) is 10.0 Å². The number of benzene rings is 1. The van der Waals surface area contributed by atoms with E-state index in [0.29, 0.717) is 12.1 Å². The van der Waals surface area contributed by atoms with Gasteiger partial charge in [-0.2, -0.15) is 0 Å². The maximum atomic E-state index is 13.0. The van der Waals surface area contributed by atoms with Crippen molar-refractivity contribution in [1.82, 2.24) is 0 Å². The van der Waals surface area contributed by atoms with Gasteiger partial charge in [-0.25, -0.2) is 21.6 Å². The first kappa shape index (κ1) is 15.4. The molecule has 2 rings (SSSR count). The van der Waals surface area contributed by atoms with Crippen molar-refractivity contribution in [2.75, 3.05) is 4.72 Å². The molecule has 0 aliphatic rings. The van der Waals surface area contributed by atoms with Crippen LogP contribution in [0.15, 0.2) is 23.1 Å². The Morgan fingerprint density at radius 3 is 2.05 bits per heavy atom. The second-order valence-electron chi connectivity index (χ2n) is 3.55. The van der Waals surface area contributed by atoms with Gasteiger partial charge in [-0.1, -0.05) is 23.2 Å². The summed E-state index contributed by atoms with van der Waals surface area (Å²) in [5, 5.41) is 0. The van der Waals surface area contributed by atoms with E-state index < -0.39 is 33.2 Å². The predicted molar refractivity (Wildman–Crippen MR) is 71.5 cm³/mol. The van der Waals surface area contributed by atoms with Crippen LogP contribution in [0.2, 0.25) is 8.67 Å². The summed E-state index contributed by atoms with van der Waals surface area (Å²) < 4.78 is 64.6. The zero-order valence-electron chi connectivity index (χ0n) is 9.25. The minimum atomic E-state index is -4.18. The lowest BCUT2D eigenvalue weighted by molar-refractivity contribution is 0.448. The molecule has 0 saturated carbocycles. The summed E-state index contributed by atoms with van der Waals surface area (Å²) >= 11 is 12.1. The Labute approximate surface area is 126 Å². The molecule has 0 spiro atoms. The summed E-state index contributed by atoms with van der Waals surface area (Å²) in [5.74, 6) is -4.72. The third kappa shape index (κ3) is 3.03. The zero-order chi connectivity index (χ0) is 15.1. The van der Waals surface area contributed by atoms with E-state index in [1.807, 2.05) is 4.72 Å². The van der Waals surface area contributed by atoms with Crippen molar-refractivity contribution in [3.05, 3.63) is 44.3 Å². The van der Waals surface area contributed by atoms with Crippen molar-refractivity contribution in [3.63, 3.8) is 0 Å². The Morgan fingerprint density at radius 1 is 1.05 bits per heavy atom. The van der Waals surface area contributed by atoms with E-state index >= 15 is 0 Å². The lowest BCUT2D eigenvalue weighted by Crippen LogP contribution is -2.13. The second kappa shape index (κ2) is 5.44. The number of thiophene rings is 1. The van der Waals surface area contributed by atoms with Crippen molar-refractivity contribution in [1.29, 1.82) is 0 Å². The third-order valence-electron chi connectivity index (χ3n) is 2.15. The van der Waals surface area contributed by atoms with Gasteiger partial charge in [0.05, 0.1) is 10.0 Å². The van der Waals surface area contributed by atoms with E-state index in [2.05, 4.69) is 0 Å². The van der Waals surface area contributed by atoms with Gasteiger partial charge in [0.1, 0.15) is 9.23 Å². The first-order valence-electron chi connectivity index (χ1n) is 4.83. The normalized spacial score (nSPS) is 11.7. The van der Waals surface area contributed by atoms with E-state index in [-0.39, 0.29) is 13.6 Å². The Morgan fingerprint density at radius 2 is 1.60 bits per heavy atom. The molecular weight excluding hydrogens is 358 g/mol. The Hall–Kier alpha value is -0.960. The van der Waals surface area contributed by atoms with Crippen LogP contribution in [0.1, 0.15) is 0 Å². The Bertz CT molecular complexity index is 754. The fourth-order valence-electron chi connectivity index (χ4n) is 1.33. The SMILES string of the molecule is O=S(=O)(Nc1cc(F)c(F)c(F)c1)c1cc(Cl)sc1Cl. The van der Waals surface area contributed by atoms with Crippen molar-refractivity contribution in [2.45, 2.75) is 4.90 Å². The van der Waals surface area contributed by atoms with Gasteiger partial charge < -0.3 is 0 Å². The Balaban J connectivity index is 2.41. The predicted octanol–water partition coefficient (Wildman–Crippen LogP) is 4.27. The van der Waals surface area contributed by atoms with Gasteiger partial charge in [0.2, 0.25) is 0 Å². The molecule has 0 unspecified atom stereocenters. The summed E-state index contributed by atoms with van der Waals surface area (Å²) in [6, 6.07) is 2.11. The van der Waals surface area contributed by atoms with Crippen molar-refractivity contribution in [2.24, 2.45) is 0 Å². The Kier molecular flexibility index (Phi) is 4.19. The summed E-state index contributed by atoms with van der Waals surface area (Å²) in [7, 11) is -4.18. The molecule has 1 aromatic carbocycles. The van der Waals surface area contributed by atoms with E-state index in [1.54, 1.807) is 0 Å². The number of anilines is 1. The molecule has 0 fully saturated rings. The number of hydrogen-bond donors (Lipinski definition) is 1. The standard InChI is InChI=1S/C10H4Cl2F3NO2S2/c11-8-3-7(10(12)19-8)20(17,18)16-4-1-5(13)9(15)6(14)2-4/h1-3,16H. The van der Waals surface area contributed by atoms with Crippen LogP contribution in [0.25, 0.3) is 0 Å². The van der Waals surface area contributed by atoms with E-state index in [4.69, 9.17) is 23.2 Å². The highest BCUT2D eigenvalue weighted by Gasteiger charge is 2.22. The topological polar surface area (TPSA) is 46.2 Å². The maximum Gasteiger partial charge on any atom is 0.264 e. The first-order chi connectivity index (χ1) is 9.20. The number of hydrogen-bond acceptors (Lipinski definition) is 3. The average molecular weight is 362 g/mol. The van der Waals surface area contributed by atoms with Crippen LogP contribution < -0.4 is 4.72 Å². The average Bonchev–Trinajstić information content (AvgIpc) is 2.65. The monoisotopic (exact) mass is 361 g/mol. The molecule has 0 aliphatic carbocycles. The van der Waals surface area contributed by atoms with Crippen molar-refractivity contribution < 1.29 is 21.6 Å². The molecule has 2 aromatic rings. The summed E-state index contributed by atoms with van der Waals surface area (Å²) in [6.45, 7) is 0. The van der Waals surface area contributed by atoms with E-state index in [9.17, 15) is 21.6 Å². The molecule has 20 heavy (non-hydrogen) atoms. The first-order valence-corrected chi connectivity index (χ1v) is 7.88. The highest BCUT2D eigenvalue weighted by Crippen LogP contribution is 2.35. The molecule has 0 radical (unpaired) electrons. The fourth-order valence-corrected chi connectivity index (χ4v) is 4.52. The number of halogens is 5. The van der Waals surface area contributed by atoms with Gasteiger partial charge in [-0.05, 0) is 6.07 Å². The van der Waals surface area contributed by atoms with E-state index in [1.165, 1.54) is 0 Å². The molecule has 0 bridgehead atoms. The zero-order valence-corrected chi connectivity index (χ0v) is 12.4. The molecule has 108 valence electrons. The number of rotatable bonds is 3. The van der Waals surface area contributed by atoms with Crippen LogP contribution in [-0.4, -0.2) is 8.42 Å². The van der Waals surface area contributed by atoms with Gasteiger partial charge in [-0.15, -0.1) is 11.3 Å². The van der Waals surface area contributed by atoms with Crippen molar-refractivity contribution >= 4 is 50.2 Å². The van der Waals surface area contributed by atoms with Gasteiger partial charge in [0, 0.05) is 12.1 Å². The molecule has 0 aliphatic heterocycles. The highest BCUT2D eigenvalue weighted by molar-refractivity contribution is 7.93. The summed E-state index contributed by atoms with van der Waals surface area (Å²) in [4.78, 5) is -0.334. The maximum absolute atomic E-state index is 13.0. The summed E-state index contributed by atoms with van der Waals surface area (Å²) in [5.41, 5.74) is -0.472. The second-order valence-corrected chi connectivity index (χ2v) is 7.48. The van der Waals surface area contributed by atoms with Gasteiger partial charge in [0.15, 0.2) is 17.5 Å². The van der Waals surface area contributed by atoms with Crippen LogP contribution in [0, 0.1) is 17.5 Å². The van der Waals surface area contributed by atoms with Crippen LogP contribution in [0.4, 0.5) is 18.9 Å². The lowest BCUT2D eigenvalue weighted by Gasteiger charge is -2.07. The van der Waals surface area contributed by atoms with Crippen LogP contribution >= 0.6 is 34.5 Å². The summed E-state index contributed by atoms with van der Waals surface area (Å²) in [6.07, 6.45) is 0. The van der Waals surface area contributed by atoms with Crippen LogP contribution in [0.5, 0.6) is 0 Å². The number of sulfonamides is 1. The quantitative estimate of drug-likeness (QED) is 0.829. The third-order valence-corrected chi connectivity index (χ3v) is 5.29. The van der Waals surface area contributed by atoms with Gasteiger partial charge >= 0.3 is 0 Å². The van der Waals surface area contributed by atoms with Crippen molar-refractivity contribution in [3.8, 4) is 0 Å². The molecule has 0 atom stereocenters. The number of nitrogens with one attached hydrogen (secondary N) is 1. The van der Waals surface area contributed by atoms with Crippen LogP contribution in [-0.2, 0) is 10.0 Å². The molecule has 1 N–H and O–H groups in total. The molecule has 3 nitrogen and oxygen atoms in total. The lowest BCUT2D eigenvalue weighted by atomic mass is 10.3. The highest BCUT2D eigenvalue weighted by atomic mass is 35.5. The smallest absolute Gasteiger partial charge is 0.264 e. The molecule has 0 amide bonds. The molecule has 10 heteroatoms. The largest absolute Gasteiger partial charge is 0.279 e. The molecular formula is C10H4Cl2F3NO2S2. The fraction of sp³-hybridized carbons (Fsp3) is 0. The molecule has 0 saturated heterocycles. The molecule has 1 heterocycles. The molecule has 1 aromatic heterocycles. The minimum absolute atomic E-state index is 0.106.